The Morgan fingerprint density at radius 1 is 1.19 bits per heavy atom. The maximum atomic E-state index is 13.8. The fraction of sp³-hybridized carbons (Fsp3) is 0.0909. The highest BCUT2D eigenvalue weighted by molar-refractivity contribution is 9.10. The first-order chi connectivity index (χ1) is 7.61. The molecule has 1 atom stereocenters. The molecular weight excluding hydrogens is 341 g/mol. The summed E-state index contributed by atoms with van der Waals surface area (Å²) < 4.78 is 19.8. The van der Waals surface area contributed by atoms with Gasteiger partial charge in [0.25, 0.3) is 0 Å². The number of benzene rings is 1. The van der Waals surface area contributed by atoms with Crippen LogP contribution in [0.15, 0.2) is 44.1 Å². The van der Waals surface area contributed by atoms with Gasteiger partial charge in [-0.1, -0.05) is 12.1 Å². The molecule has 0 saturated heterocycles. The Morgan fingerprint density at radius 2 is 1.94 bits per heavy atom. The lowest BCUT2D eigenvalue weighted by atomic mass is 10.0. The van der Waals surface area contributed by atoms with Crippen LogP contribution in [0.1, 0.15) is 17.2 Å². The van der Waals surface area contributed by atoms with Crippen LogP contribution in [0.3, 0.4) is 0 Å². The summed E-state index contributed by atoms with van der Waals surface area (Å²) in [6.07, 6.45) is 1.51. The van der Waals surface area contributed by atoms with Gasteiger partial charge in [-0.2, -0.15) is 0 Å². The highest BCUT2D eigenvalue weighted by Gasteiger charge is 2.18. The molecule has 1 heterocycles. The lowest BCUT2D eigenvalue weighted by Crippen LogP contribution is -2.13. The van der Waals surface area contributed by atoms with E-state index in [0.29, 0.717) is 14.7 Å². The molecule has 0 fully saturated rings. The number of rotatable bonds is 2. The van der Waals surface area contributed by atoms with Crippen LogP contribution in [0.25, 0.3) is 0 Å². The van der Waals surface area contributed by atoms with Crippen LogP contribution < -0.4 is 5.73 Å². The van der Waals surface area contributed by atoms with Gasteiger partial charge in [-0.3, -0.25) is 0 Å². The van der Waals surface area contributed by atoms with Crippen LogP contribution in [0.5, 0.6) is 0 Å². The van der Waals surface area contributed by atoms with Crippen molar-refractivity contribution in [1.29, 1.82) is 0 Å². The van der Waals surface area contributed by atoms with Gasteiger partial charge < -0.3 is 10.2 Å². The van der Waals surface area contributed by atoms with Gasteiger partial charge in [0.05, 0.1) is 16.8 Å². The molecule has 1 aromatic heterocycles. The zero-order valence-corrected chi connectivity index (χ0v) is 11.3. The average Bonchev–Trinajstić information content (AvgIpc) is 2.68. The van der Waals surface area contributed by atoms with Gasteiger partial charge in [0.2, 0.25) is 0 Å². The highest BCUT2D eigenvalue weighted by atomic mass is 79.9. The topological polar surface area (TPSA) is 39.2 Å². The first kappa shape index (κ1) is 11.8. The molecule has 2 rings (SSSR count). The maximum absolute atomic E-state index is 13.8. The van der Waals surface area contributed by atoms with E-state index in [1.54, 1.807) is 24.3 Å². The number of nitrogens with two attached hydrogens (primary N) is 1. The molecule has 0 radical (unpaired) electrons. The normalized spacial score (nSPS) is 12.8. The quantitative estimate of drug-likeness (QED) is 0.891. The minimum atomic E-state index is -0.550. The van der Waals surface area contributed by atoms with E-state index in [4.69, 9.17) is 10.2 Å². The third-order valence-electron chi connectivity index (χ3n) is 2.30. The minimum absolute atomic E-state index is 0.344. The zero-order chi connectivity index (χ0) is 11.7. The molecule has 5 heteroatoms. The van der Waals surface area contributed by atoms with Gasteiger partial charge in [-0.05, 0) is 44.0 Å². The number of halogens is 3. The zero-order valence-electron chi connectivity index (χ0n) is 8.08. The molecule has 1 unspecified atom stereocenters. The maximum Gasteiger partial charge on any atom is 0.174 e. The van der Waals surface area contributed by atoms with Gasteiger partial charge in [0.1, 0.15) is 5.82 Å². The standard InChI is InChI=1S/C11H8Br2FNO/c12-8-3-1-2-6(9(8)14)10(15)7-4-5-16-11(7)13/h1-5,10H,15H2. The number of hydrogen-bond acceptors (Lipinski definition) is 2. The molecule has 1 aromatic carbocycles. The Morgan fingerprint density at radius 3 is 2.56 bits per heavy atom. The van der Waals surface area contributed by atoms with E-state index in [2.05, 4.69) is 31.9 Å². The molecule has 0 aliphatic heterocycles. The molecule has 0 aliphatic carbocycles. The SMILES string of the molecule is NC(c1ccoc1Br)c1cccc(Br)c1F. The molecule has 0 amide bonds. The third-order valence-corrected chi connectivity index (χ3v) is 3.55. The number of furan rings is 1. The van der Waals surface area contributed by atoms with Gasteiger partial charge in [-0.15, -0.1) is 0 Å². The Balaban J connectivity index is 2.46. The fourth-order valence-electron chi connectivity index (χ4n) is 1.45. The first-order valence-corrected chi connectivity index (χ1v) is 6.12. The fourth-order valence-corrected chi connectivity index (χ4v) is 2.32. The summed E-state index contributed by atoms with van der Waals surface area (Å²) in [5, 5.41) is 0. The van der Waals surface area contributed by atoms with Crippen LogP contribution in [0, 0.1) is 5.82 Å². The van der Waals surface area contributed by atoms with Crippen molar-refractivity contribution in [3.63, 3.8) is 0 Å². The predicted molar refractivity (Wildman–Crippen MR) is 66.5 cm³/mol. The number of hydrogen-bond donors (Lipinski definition) is 1. The van der Waals surface area contributed by atoms with Crippen LogP contribution in [0.2, 0.25) is 0 Å². The van der Waals surface area contributed by atoms with E-state index in [9.17, 15) is 4.39 Å². The smallest absolute Gasteiger partial charge is 0.174 e. The second-order valence-electron chi connectivity index (χ2n) is 3.27. The van der Waals surface area contributed by atoms with Crippen molar-refractivity contribution in [3.8, 4) is 0 Å². The van der Waals surface area contributed by atoms with Crippen molar-refractivity contribution in [1.82, 2.24) is 0 Å². The van der Waals surface area contributed by atoms with E-state index in [1.165, 1.54) is 6.26 Å². The lowest BCUT2D eigenvalue weighted by molar-refractivity contribution is 0.532. The van der Waals surface area contributed by atoms with Crippen LogP contribution in [0.4, 0.5) is 4.39 Å². The summed E-state index contributed by atoms with van der Waals surface area (Å²) in [6.45, 7) is 0. The minimum Gasteiger partial charge on any atom is -0.457 e. The molecule has 84 valence electrons. The Hall–Kier alpha value is -0.650. The molecule has 16 heavy (non-hydrogen) atoms. The van der Waals surface area contributed by atoms with Crippen LogP contribution in [-0.4, -0.2) is 0 Å². The molecule has 2 nitrogen and oxygen atoms in total. The van der Waals surface area contributed by atoms with E-state index >= 15 is 0 Å². The monoisotopic (exact) mass is 347 g/mol. The molecular formula is C11H8Br2FNO. The van der Waals surface area contributed by atoms with E-state index < -0.39 is 6.04 Å². The summed E-state index contributed by atoms with van der Waals surface area (Å²) >= 11 is 6.36. The summed E-state index contributed by atoms with van der Waals surface area (Å²) in [5.41, 5.74) is 7.13. The van der Waals surface area contributed by atoms with Gasteiger partial charge >= 0.3 is 0 Å². The third kappa shape index (κ3) is 2.07. The van der Waals surface area contributed by atoms with Gasteiger partial charge in [0.15, 0.2) is 4.67 Å². The van der Waals surface area contributed by atoms with Crippen molar-refractivity contribution in [2.75, 3.05) is 0 Å². The predicted octanol–water partition coefficient (Wildman–Crippen LogP) is 3.99. The largest absolute Gasteiger partial charge is 0.457 e. The van der Waals surface area contributed by atoms with E-state index in [0.717, 1.165) is 5.56 Å². The highest BCUT2D eigenvalue weighted by Crippen LogP contribution is 2.31. The Bertz CT molecular complexity index is 512. The molecule has 0 aliphatic rings. The summed E-state index contributed by atoms with van der Waals surface area (Å²) in [5.74, 6) is -0.344. The average molecular weight is 349 g/mol. The van der Waals surface area contributed by atoms with Crippen molar-refractivity contribution in [2.24, 2.45) is 5.73 Å². The summed E-state index contributed by atoms with van der Waals surface area (Å²) in [6, 6.07) is 6.21. The van der Waals surface area contributed by atoms with Crippen molar-refractivity contribution in [2.45, 2.75) is 6.04 Å². The van der Waals surface area contributed by atoms with Crippen LogP contribution in [-0.2, 0) is 0 Å². The summed E-state index contributed by atoms with van der Waals surface area (Å²) in [7, 11) is 0. The van der Waals surface area contributed by atoms with Crippen molar-refractivity contribution < 1.29 is 8.81 Å². The first-order valence-electron chi connectivity index (χ1n) is 4.53. The van der Waals surface area contributed by atoms with E-state index in [-0.39, 0.29) is 5.82 Å². The van der Waals surface area contributed by atoms with Gasteiger partial charge in [-0.25, -0.2) is 4.39 Å². The molecule has 0 bridgehead atoms. The van der Waals surface area contributed by atoms with Gasteiger partial charge in [0, 0.05) is 11.1 Å². The molecule has 0 saturated carbocycles. The van der Waals surface area contributed by atoms with Crippen molar-refractivity contribution >= 4 is 31.9 Å². The Labute approximate surface area is 109 Å². The second-order valence-corrected chi connectivity index (χ2v) is 4.84. The lowest BCUT2D eigenvalue weighted by Gasteiger charge is -2.12. The summed E-state index contributed by atoms with van der Waals surface area (Å²) in [4.78, 5) is 0. The van der Waals surface area contributed by atoms with E-state index in [1.807, 2.05) is 0 Å². The van der Waals surface area contributed by atoms with Crippen LogP contribution >= 0.6 is 31.9 Å². The molecule has 2 aromatic rings. The Kier molecular flexibility index (Phi) is 3.47. The second kappa shape index (κ2) is 4.69. The molecule has 0 spiro atoms. The van der Waals surface area contributed by atoms with Crippen molar-refractivity contribution in [3.05, 3.63) is 56.6 Å². The molecule has 2 N–H and O–H groups in total.